The fraction of sp³-hybridized carbons (Fsp3) is 0.750. The molecule has 9 nitrogen and oxygen atoms in total. The van der Waals surface area contributed by atoms with E-state index in [9.17, 15) is 22.6 Å². The van der Waals surface area contributed by atoms with Crippen molar-refractivity contribution < 1.29 is 31.9 Å². The fourth-order valence-corrected chi connectivity index (χ4v) is 6.14. The average Bonchev–Trinajstić information content (AvgIpc) is 3.34. The quantitative estimate of drug-likeness (QED) is 0.0733. The Labute approximate surface area is 251 Å². The van der Waals surface area contributed by atoms with Crippen LogP contribution in [0.5, 0.6) is 0 Å². The molecule has 14 heteroatoms. The van der Waals surface area contributed by atoms with Crippen molar-refractivity contribution in [1.82, 2.24) is 19.5 Å². The number of aromatic nitrogens is 4. The van der Waals surface area contributed by atoms with Gasteiger partial charge in [-0.25, -0.2) is 15.0 Å². The first-order valence-corrected chi connectivity index (χ1v) is 17.6. The third kappa shape index (κ3) is 16.7. The number of fused-ring (bicyclic) bond motifs is 1. The lowest BCUT2D eigenvalue weighted by Gasteiger charge is -2.17. The highest BCUT2D eigenvalue weighted by atomic mass is 32.2. The molecule has 0 fully saturated rings. The highest BCUT2D eigenvalue weighted by Crippen LogP contribution is 2.42. The van der Waals surface area contributed by atoms with E-state index in [1.165, 1.54) is 57.2 Å². The van der Waals surface area contributed by atoms with E-state index in [2.05, 4.69) is 20.9 Å². The van der Waals surface area contributed by atoms with Crippen LogP contribution in [-0.4, -0.2) is 61.2 Å². The zero-order valence-electron chi connectivity index (χ0n) is 24.5. The van der Waals surface area contributed by atoms with Gasteiger partial charge in [0.2, 0.25) is 0 Å². The molecule has 0 bridgehead atoms. The van der Waals surface area contributed by atoms with E-state index in [4.69, 9.17) is 15.0 Å². The van der Waals surface area contributed by atoms with Gasteiger partial charge in [0.05, 0.1) is 25.6 Å². The minimum absolute atomic E-state index is 0.199. The summed E-state index contributed by atoms with van der Waals surface area (Å²) in [5.41, 5.74) is 6.89. The zero-order valence-corrected chi connectivity index (χ0v) is 26.2. The minimum atomic E-state index is -4.37. The first-order chi connectivity index (χ1) is 20.1. The second kappa shape index (κ2) is 20.2. The number of imidazole rings is 1. The highest BCUT2D eigenvalue weighted by molar-refractivity contribution is 7.99. The molecule has 0 aliphatic heterocycles. The SMILES string of the molecule is C[C@H](Cn1cnc2c(N)ncnc21)OCP(=O)(O)OCCSCCCCCCCCCCCCCCC#CC(F)(F)F. The lowest BCUT2D eigenvalue weighted by atomic mass is 10.0. The summed E-state index contributed by atoms with van der Waals surface area (Å²) in [7, 11) is -3.84. The Kier molecular flexibility index (Phi) is 17.5. The van der Waals surface area contributed by atoms with Gasteiger partial charge in [0.25, 0.3) is 0 Å². The van der Waals surface area contributed by atoms with Gasteiger partial charge in [0.15, 0.2) is 11.5 Å². The molecule has 0 aliphatic carbocycles. The summed E-state index contributed by atoms with van der Waals surface area (Å²) in [4.78, 5) is 22.4. The molecule has 0 spiro atoms. The molecule has 2 aromatic rings. The number of thioether (sulfide) groups is 1. The number of nitrogens with zero attached hydrogens (tertiary/aromatic N) is 4. The van der Waals surface area contributed by atoms with Crippen molar-refractivity contribution in [2.45, 2.75) is 109 Å². The predicted molar refractivity (Wildman–Crippen MR) is 162 cm³/mol. The van der Waals surface area contributed by atoms with Crippen LogP contribution in [0.25, 0.3) is 11.2 Å². The van der Waals surface area contributed by atoms with E-state index in [1.54, 1.807) is 29.6 Å². The Hall–Kier alpha value is -1.84. The first kappa shape index (κ1) is 36.4. The van der Waals surface area contributed by atoms with Gasteiger partial charge >= 0.3 is 13.8 Å². The number of nitrogens with two attached hydrogens (primary N) is 1. The summed E-state index contributed by atoms with van der Waals surface area (Å²) in [6.45, 7) is 2.38. The van der Waals surface area contributed by atoms with E-state index in [1.807, 2.05) is 0 Å². The maximum Gasteiger partial charge on any atom is 0.457 e. The normalized spacial score (nSPS) is 14.0. The molecule has 0 radical (unpaired) electrons. The molecular weight excluding hydrogens is 590 g/mol. The third-order valence-corrected chi connectivity index (χ3v) is 8.59. The number of anilines is 1. The van der Waals surface area contributed by atoms with E-state index in [0.29, 0.717) is 35.7 Å². The molecule has 0 aromatic carbocycles. The molecule has 238 valence electrons. The van der Waals surface area contributed by atoms with E-state index in [-0.39, 0.29) is 19.1 Å². The molecule has 0 saturated carbocycles. The maximum atomic E-state index is 12.3. The van der Waals surface area contributed by atoms with E-state index < -0.39 is 13.8 Å². The minimum Gasteiger partial charge on any atom is -0.382 e. The molecule has 0 saturated heterocycles. The lowest BCUT2D eigenvalue weighted by molar-refractivity contribution is -0.0697. The maximum absolute atomic E-state index is 12.3. The molecule has 42 heavy (non-hydrogen) atoms. The highest BCUT2D eigenvalue weighted by Gasteiger charge is 2.23. The number of unbranched alkanes of at least 4 members (excludes halogenated alkanes) is 12. The zero-order chi connectivity index (χ0) is 30.7. The van der Waals surface area contributed by atoms with Gasteiger partial charge in [-0.05, 0) is 25.5 Å². The number of hydrogen-bond donors (Lipinski definition) is 2. The summed E-state index contributed by atoms with van der Waals surface area (Å²) in [5.74, 6) is 5.45. The van der Waals surface area contributed by atoms with Crippen LogP contribution in [-0.2, 0) is 20.4 Å². The topological polar surface area (TPSA) is 125 Å². The van der Waals surface area contributed by atoms with Crippen LogP contribution < -0.4 is 5.73 Å². The van der Waals surface area contributed by atoms with Crippen LogP contribution in [0, 0.1) is 11.8 Å². The number of halogens is 3. The Morgan fingerprint density at radius 1 is 1.00 bits per heavy atom. The van der Waals surface area contributed by atoms with Crippen molar-refractivity contribution in [1.29, 1.82) is 0 Å². The van der Waals surface area contributed by atoms with Crippen molar-refractivity contribution in [2.75, 3.05) is 30.2 Å². The molecule has 2 heterocycles. The second-order valence-corrected chi connectivity index (χ2v) is 13.3. The Morgan fingerprint density at radius 3 is 2.26 bits per heavy atom. The molecule has 1 unspecified atom stereocenters. The van der Waals surface area contributed by atoms with Gasteiger partial charge in [-0.1, -0.05) is 70.1 Å². The van der Waals surface area contributed by atoms with Crippen LogP contribution in [0.3, 0.4) is 0 Å². The molecule has 3 N–H and O–H groups in total. The summed E-state index contributed by atoms with van der Waals surface area (Å²) >= 11 is 1.72. The molecule has 2 rings (SSSR count). The van der Waals surface area contributed by atoms with Gasteiger partial charge in [-0.3, -0.25) is 4.57 Å². The third-order valence-electron chi connectivity index (χ3n) is 6.50. The van der Waals surface area contributed by atoms with Gasteiger partial charge in [0.1, 0.15) is 18.2 Å². The standard InChI is InChI=1S/C28H45F3N5O4PS/c1-24(20-36-22-35-25-26(32)33-21-34-27(25)36)39-23-41(37,38)40-17-19-42-18-15-13-11-9-7-5-3-2-4-6-8-10-12-14-16-28(29,30)31/h21-22,24H,2-13,15,17-20,23H2,1H3,(H,37,38)(H2,32,33,34)/t24-/m1/s1. The summed E-state index contributed by atoms with van der Waals surface area (Å²) < 4.78 is 60.6. The summed E-state index contributed by atoms with van der Waals surface area (Å²) in [6, 6.07) is 0. The van der Waals surface area contributed by atoms with Crippen molar-refractivity contribution in [3.05, 3.63) is 12.7 Å². The second-order valence-electron chi connectivity index (χ2n) is 10.3. The Morgan fingerprint density at radius 2 is 1.62 bits per heavy atom. The molecule has 2 atom stereocenters. The molecule has 2 aromatic heterocycles. The monoisotopic (exact) mass is 635 g/mol. The molecule has 0 amide bonds. The number of nitrogen functional groups attached to an aromatic ring is 1. The van der Waals surface area contributed by atoms with Crippen molar-refractivity contribution in [3.63, 3.8) is 0 Å². The van der Waals surface area contributed by atoms with Crippen LogP contribution in [0.2, 0.25) is 0 Å². The Balaban J connectivity index is 1.36. The smallest absolute Gasteiger partial charge is 0.382 e. The Bertz CT molecular complexity index is 1140. The van der Waals surface area contributed by atoms with Gasteiger partial charge < -0.3 is 24.5 Å². The van der Waals surface area contributed by atoms with E-state index in [0.717, 1.165) is 37.9 Å². The van der Waals surface area contributed by atoms with Gasteiger partial charge in [0, 0.05) is 18.1 Å². The fourth-order valence-electron chi connectivity index (χ4n) is 4.31. The van der Waals surface area contributed by atoms with Crippen LogP contribution in [0.1, 0.15) is 90.4 Å². The molecule has 0 aliphatic rings. The van der Waals surface area contributed by atoms with Gasteiger partial charge in [-0.2, -0.15) is 24.9 Å². The van der Waals surface area contributed by atoms with Crippen LogP contribution in [0.4, 0.5) is 19.0 Å². The number of rotatable bonds is 23. The van der Waals surface area contributed by atoms with Gasteiger partial charge in [-0.15, -0.1) is 0 Å². The van der Waals surface area contributed by atoms with E-state index >= 15 is 0 Å². The molecular formula is C28H45F3N5O4PS. The summed E-state index contributed by atoms with van der Waals surface area (Å²) in [5, 5.41) is 0. The first-order valence-electron chi connectivity index (χ1n) is 14.7. The number of alkyl halides is 3. The largest absolute Gasteiger partial charge is 0.457 e. The average molecular weight is 636 g/mol. The van der Waals surface area contributed by atoms with Crippen LogP contribution >= 0.6 is 19.4 Å². The van der Waals surface area contributed by atoms with Crippen LogP contribution in [0.15, 0.2) is 12.7 Å². The predicted octanol–water partition coefficient (Wildman–Crippen LogP) is 7.34. The van der Waals surface area contributed by atoms with Crippen molar-refractivity contribution >= 4 is 36.3 Å². The number of ether oxygens (including phenoxy) is 1. The number of hydrogen-bond acceptors (Lipinski definition) is 8. The summed E-state index contributed by atoms with van der Waals surface area (Å²) in [6.07, 6.45) is 11.7. The van der Waals surface area contributed by atoms with Crippen molar-refractivity contribution in [3.8, 4) is 11.8 Å². The lowest BCUT2D eigenvalue weighted by Crippen LogP contribution is -2.17. The van der Waals surface area contributed by atoms with Crippen molar-refractivity contribution in [2.24, 2.45) is 0 Å².